The number of halogens is 1. The van der Waals surface area contributed by atoms with Crippen LogP contribution in [0.4, 0.5) is 5.69 Å². The van der Waals surface area contributed by atoms with Crippen LogP contribution in [0.25, 0.3) is 5.69 Å². The lowest BCUT2D eigenvalue weighted by atomic mass is 10.0. The number of para-hydroxylation sites is 1. The van der Waals surface area contributed by atoms with E-state index in [0.29, 0.717) is 22.1 Å². The van der Waals surface area contributed by atoms with Crippen molar-refractivity contribution in [3.05, 3.63) is 110 Å². The molecule has 1 aliphatic heterocycles. The zero-order chi connectivity index (χ0) is 23.8. The number of benzene rings is 3. The lowest BCUT2D eigenvalue weighted by Crippen LogP contribution is -2.33. The summed E-state index contributed by atoms with van der Waals surface area (Å²) in [7, 11) is 0. The topological polar surface area (TPSA) is 108 Å². The standard InChI is InChI=1S/C25H18ClN3O4S/c26-15-6-4-7-16(12-15)29-24(32)22(23(31)28-25(29)33)19-13-21(14-5-3-8-17(30)11-14)34-20-10-2-1-9-18(20)27-19/h1-12,21,30,32H,13H2,(H,28,31,33)/t21-/m0/s1. The second-order valence-corrected chi connectivity index (χ2v) is 9.39. The van der Waals surface area contributed by atoms with Gasteiger partial charge in [-0.1, -0.05) is 41.9 Å². The average molecular weight is 492 g/mol. The van der Waals surface area contributed by atoms with Gasteiger partial charge in [0.15, 0.2) is 0 Å². The van der Waals surface area contributed by atoms with Crippen LogP contribution in [0.2, 0.25) is 5.02 Å². The van der Waals surface area contributed by atoms with Gasteiger partial charge in [0.25, 0.3) is 5.56 Å². The van der Waals surface area contributed by atoms with Crippen LogP contribution in [0.5, 0.6) is 11.6 Å². The highest BCUT2D eigenvalue weighted by Gasteiger charge is 2.27. The maximum absolute atomic E-state index is 12.9. The smallest absolute Gasteiger partial charge is 0.335 e. The molecule has 3 aromatic carbocycles. The van der Waals surface area contributed by atoms with E-state index in [1.807, 2.05) is 30.3 Å². The molecule has 0 aliphatic carbocycles. The first kappa shape index (κ1) is 22.1. The molecule has 1 aromatic heterocycles. The number of thioether (sulfide) groups is 1. The van der Waals surface area contributed by atoms with E-state index in [4.69, 9.17) is 16.6 Å². The SMILES string of the molecule is O=c1[nH]c(=O)n(-c2cccc(Cl)c2)c(O)c1C1=Nc2ccccc2S[C@H](c2cccc(O)c2)C1. The highest BCUT2D eigenvalue weighted by atomic mass is 35.5. The number of rotatable bonds is 3. The Bertz CT molecular complexity index is 1560. The van der Waals surface area contributed by atoms with Crippen molar-refractivity contribution in [2.45, 2.75) is 16.6 Å². The molecule has 0 bridgehead atoms. The molecule has 34 heavy (non-hydrogen) atoms. The minimum atomic E-state index is -0.790. The van der Waals surface area contributed by atoms with Gasteiger partial charge in [-0.15, -0.1) is 11.8 Å². The van der Waals surface area contributed by atoms with Crippen LogP contribution in [-0.4, -0.2) is 25.5 Å². The lowest BCUT2D eigenvalue weighted by Gasteiger charge is -2.17. The van der Waals surface area contributed by atoms with E-state index < -0.39 is 17.1 Å². The number of phenols is 1. The Hall–Kier alpha value is -3.75. The zero-order valence-corrected chi connectivity index (χ0v) is 19.2. The molecule has 5 rings (SSSR count). The molecule has 3 N–H and O–H groups in total. The Morgan fingerprint density at radius 2 is 1.79 bits per heavy atom. The fraction of sp³-hybridized carbons (Fsp3) is 0.0800. The summed E-state index contributed by atoms with van der Waals surface area (Å²) in [4.78, 5) is 33.5. The fourth-order valence-corrected chi connectivity index (χ4v) is 5.33. The minimum absolute atomic E-state index is 0.0953. The van der Waals surface area contributed by atoms with Crippen molar-refractivity contribution >= 4 is 34.8 Å². The van der Waals surface area contributed by atoms with E-state index >= 15 is 0 Å². The Labute approximate surface area is 203 Å². The molecule has 0 unspecified atom stereocenters. The number of nitrogens with one attached hydrogen (secondary N) is 1. The van der Waals surface area contributed by atoms with Crippen LogP contribution in [0.1, 0.15) is 22.8 Å². The number of fused-ring (bicyclic) bond motifs is 1. The van der Waals surface area contributed by atoms with Crippen LogP contribution >= 0.6 is 23.4 Å². The summed E-state index contributed by atoms with van der Waals surface area (Å²) in [5.41, 5.74) is 0.488. The third-order valence-corrected chi connectivity index (χ3v) is 7.01. The summed E-state index contributed by atoms with van der Waals surface area (Å²) in [6, 6.07) is 20.8. The number of hydrogen-bond acceptors (Lipinski definition) is 6. The third kappa shape index (κ3) is 4.13. The zero-order valence-electron chi connectivity index (χ0n) is 17.6. The van der Waals surface area contributed by atoms with Crippen LogP contribution in [0.15, 0.2) is 92.3 Å². The molecule has 0 saturated heterocycles. The van der Waals surface area contributed by atoms with E-state index in [2.05, 4.69) is 4.98 Å². The largest absolute Gasteiger partial charge is 0.508 e. The molecule has 2 heterocycles. The first-order valence-corrected chi connectivity index (χ1v) is 11.6. The molecular formula is C25H18ClN3O4S. The van der Waals surface area contributed by atoms with Crippen molar-refractivity contribution in [1.29, 1.82) is 0 Å². The number of phenolic OH excluding ortho intramolecular Hbond substituents is 1. The normalized spacial score (nSPS) is 15.3. The van der Waals surface area contributed by atoms with Gasteiger partial charge in [0.1, 0.15) is 11.3 Å². The number of aromatic amines is 1. The molecule has 0 fully saturated rings. The van der Waals surface area contributed by atoms with Crippen molar-refractivity contribution < 1.29 is 10.2 Å². The number of aromatic nitrogens is 2. The Morgan fingerprint density at radius 1 is 1.00 bits per heavy atom. The molecule has 4 aromatic rings. The van der Waals surface area contributed by atoms with Crippen molar-refractivity contribution in [3.63, 3.8) is 0 Å². The average Bonchev–Trinajstić information content (AvgIpc) is 2.98. The van der Waals surface area contributed by atoms with Gasteiger partial charge in [0, 0.05) is 21.6 Å². The summed E-state index contributed by atoms with van der Waals surface area (Å²) in [6.45, 7) is 0. The first-order valence-electron chi connectivity index (χ1n) is 10.4. The number of H-pyrrole nitrogens is 1. The monoisotopic (exact) mass is 491 g/mol. The number of hydrogen-bond donors (Lipinski definition) is 3. The second kappa shape index (κ2) is 8.89. The first-order chi connectivity index (χ1) is 16.4. The summed E-state index contributed by atoms with van der Waals surface area (Å²) < 4.78 is 0.998. The third-order valence-electron chi connectivity index (χ3n) is 5.45. The van der Waals surface area contributed by atoms with Crippen molar-refractivity contribution in [2.75, 3.05) is 0 Å². The molecule has 170 valence electrons. The van der Waals surface area contributed by atoms with Crippen LogP contribution in [-0.2, 0) is 0 Å². The summed E-state index contributed by atoms with van der Waals surface area (Å²) >= 11 is 7.63. The maximum Gasteiger partial charge on any atom is 0.335 e. The van der Waals surface area contributed by atoms with Gasteiger partial charge < -0.3 is 10.2 Å². The van der Waals surface area contributed by atoms with Gasteiger partial charge in [-0.2, -0.15) is 0 Å². The van der Waals surface area contributed by atoms with Gasteiger partial charge >= 0.3 is 5.69 Å². The molecule has 1 aliphatic rings. The van der Waals surface area contributed by atoms with Crippen molar-refractivity contribution in [2.24, 2.45) is 4.99 Å². The molecule has 9 heteroatoms. The highest BCUT2D eigenvalue weighted by molar-refractivity contribution is 7.99. The molecule has 0 amide bonds. The van der Waals surface area contributed by atoms with Crippen molar-refractivity contribution in [1.82, 2.24) is 9.55 Å². The predicted molar refractivity (Wildman–Crippen MR) is 133 cm³/mol. The van der Waals surface area contributed by atoms with Crippen molar-refractivity contribution in [3.8, 4) is 17.3 Å². The lowest BCUT2D eigenvalue weighted by molar-refractivity contribution is 0.429. The Kier molecular flexibility index (Phi) is 5.77. The van der Waals surface area contributed by atoms with E-state index in [1.165, 1.54) is 6.07 Å². The molecule has 0 radical (unpaired) electrons. The number of nitrogens with zero attached hydrogens (tertiary/aromatic N) is 2. The van der Waals surface area contributed by atoms with Crippen LogP contribution < -0.4 is 11.2 Å². The molecular weight excluding hydrogens is 474 g/mol. The quantitative estimate of drug-likeness (QED) is 0.376. The fourth-order valence-electron chi connectivity index (χ4n) is 3.92. The van der Waals surface area contributed by atoms with Crippen LogP contribution in [0, 0.1) is 0 Å². The summed E-state index contributed by atoms with van der Waals surface area (Å²) in [5.74, 6) is -0.391. The number of aliphatic imine (C=N–C) groups is 1. The molecule has 1 atom stereocenters. The molecule has 0 saturated carbocycles. The highest BCUT2D eigenvalue weighted by Crippen LogP contribution is 2.46. The number of aromatic hydroxyl groups is 2. The van der Waals surface area contributed by atoms with E-state index in [1.54, 1.807) is 48.2 Å². The van der Waals surface area contributed by atoms with E-state index in [0.717, 1.165) is 15.0 Å². The van der Waals surface area contributed by atoms with Gasteiger partial charge in [-0.3, -0.25) is 14.8 Å². The Morgan fingerprint density at radius 3 is 2.59 bits per heavy atom. The molecule has 7 nitrogen and oxygen atoms in total. The van der Waals surface area contributed by atoms with Gasteiger partial charge in [0.05, 0.1) is 17.1 Å². The van der Waals surface area contributed by atoms with Gasteiger partial charge in [-0.25, -0.2) is 9.36 Å². The van der Waals surface area contributed by atoms with E-state index in [9.17, 15) is 19.8 Å². The molecule has 0 spiro atoms. The van der Waals surface area contributed by atoms with Gasteiger partial charge in [0.2, 0.25) is 5.88 Å². The van der Waals surface area contributed by atoms with Crippen LogP contribution in [0.3, 0.4) is 0 Å². The predicted octanol–water partition coefficient (Wildman–Crippen LogP) is 4.95. The Balaban J connectivity index is 1.72. The summed E-state index contributed by atoms with van der Waals surface area (Å²) in [5, 5.41) is 21.3. The van der Waals surface area contributed by atoms with Gasteiger partial charge in [-0.05, 0) is 48.0 Å². The minimum Gasteiger partial charge on any atom is -0.508 e. The second-order valence-electron chi connectivity index (χ2n) is 7.70. The maximum atomic E-state index is 12.9. The van der Waals surface area contributed by atoms with E-state index in [-0.39, 0.29) is 23.0 Å². The summed E-state index contributed by atoms with van der Waals surface area (Å²) in [6.07, 6.45) is 0.271.